The molecule has 2 rings (SSSR count). The highest BCUT2D eigenvalue weighted by atomic mass is 16.6. The van der Waals surface area contributed by atoms with Crippen LogP contribution in [0.1, 0.15) is 13.8 Å². The minimum absolute atomic E-state index is 0.0678. The number of nitro groups is 1. The van der Waals surface area contributed by atoms with Gasteiger partial charge in [0.1, 0.15) is 0 Å². The number of nitrogens with one attached hydrogen (secondary N) is 1. The van der Waals surface area contributed by atoms with Crippen LogP contribution in [0.25, 0.3) is 0 Å². The zero-order valence-electron chi connectivity index (χ0n) is 16.6. The summed E-state index contributed by atoms with van der Waals surface area (Å²) in [4.78, 5) is 34.1. The summed E-state index contributed by atoms with van der Waals surface area (Å²) < 4.78 is 20.9. The van der Waals surface area contributed by atoms with Crippen molar-refractivity contribution in [2.45, 2.75) is 13.8 Å². The van der Waals surface area contributed by atoms with Gasteiger partial charge in [0, 0.05) is 17.8 Å². The number of carbonyl (C=O) groups is 2. The van der Waals surface area contributed by atoms with Crippen LogP contribution in [-0.2, 0) is 14.3 Å². The molecule has 0 spiro atoms. The summed E-state index contributed by atoms with van der Waals surface area (Å²) in [7, 11) is 0. The van der Waals surface area contributed by atoms with Crippen LogP contribution in [-0.4, -0.2) is 43.2 Å². The maximum atomic E-state index is 12.0. The minimum Gasteiger partial charge on any atom is -0.490 e. The van der Waals surface area contributed by atoms with Crippen LogP contribution in [0.4, 0.5) is 11.4 Å². The third-order valence-corrected chi connectivity index (χ3v) is 3.60. The van der Waals surface area contributed by atoms with Gasteiger partial charge in [-0.05, 0) is 32.0 Å². The van der Waals surface area contributed by atoms with Crippen LogP contribution < -0.4 is 19.5 Å². The number of anilines is 1. The first-order valence-corrected chi connectivity index (χ1v) is 9.15. The Balaban J connectivity index is 1.85. The van der Waals surface area contributed by atoms with E-state index in [2.05, 4.69) is 5.32 Å². The zero-order valence-corrected chi connectivity index (χ0v) is 16.6. The lowest BCUT2D eigenvalue weighted by Gasteiger charge is -2.13. The van der Waals surface area contributed by atoms with Crippen molar-refractivity contribution in [3.63, 3.8) is 0 Å². The molecule has 0 aromatic heterocycles. The van der Waals surface area contributed by atoms with Gasteiger partial charge in [-0.25, -0.2) is 4.79 Å². The van der Waals surface area contributed by atoms with E-state index in [-0.39, 0.29) is 11.4 Å². The number of para-hydroxylation sites is 2. The van der Waals surface area contributed by atoms with Gasteiger partial charge in [-0.15, -0.1) is 0 Å². The molecular weight excluding hydrogens is 396 g/mol. The Hall–Kier alpha value is -3.82. The Kier molecular flexibility index (Phi) is 8.42. The number of rotatable bonds is 11. The first-order chi connectivity index (χ1) is 14.4. The summed E-state index contributed by atoms with van der Waals surface area (Å²) >= 11 is 0. The lowest BCUT2D eigenvalue weighted by molar-refractivity contribution is -0.385. The van der Waals surface area contributed by atoms with Gasteiger partial charge in [0.05, 0.1) is 18.1 Å². The van der Waals surface area contributed by atoms with Gasteiger partial charge < -0.3 is 24.3 Å². The fraction of sp³-hybridized carbons (Fsp3) is 0.300. The molecule has 10 heteroatoms. The molecule has 0 aliphatic rings. The largest absolute Gasteiger partial charge is 0.490 e. The molecule has 0 aliphatic carbocycles. The van der Waals surface area contributed by atoms with Crippen LogP contribution in [0.3, 0.4) is 0 Å². The Labute approximate surface area is 172 Å². The molecule has 0 heterocycles. The number of carbonyl (C=O) groups excluding carboxylic acids is 2. The highest BCUT2D eigenvalue weighted by Gasteiger charge is 2.16. The van der Waals surface area contributed by atoms with Gasteiger partial charge in [0.15, 0.2) is 30.5 Å². The van der Waals surface area contributed by atoms with Crippen molar-refractivity contribution in [1.29, 1.82) is 0 Å². The van der Waals surface area contributed by atoms with Crippen LogP contribution >= 0.6 is 0 Å². The second-order valence-corrected chi connectivity index (χ2v) is 5.75. The summed E-state index contributed by atoms with van der Waals surface area (Å²) in [5.74, 6) is -0.449. The van der Waals surface area contributed by atoms with E-state index in [9.17, 15) is 19.7 Å². The van der Waals surface area contributed by atoms with Gasteiger partial charge in [0.25, 0.3) is 5.91 Å². The quantitative estimate of drug-likeness (QED) is 0.335. The SMILES string of the molecule is CCOc1ccc(NC(=O)COC(=O)COc2ccccc2[N+](=O)[O-])cc1OCC. The minimum atomic E-state index is -0.843. The molecular formula is C20H22N2O8. The van der Waals surface area contributed by atoms with Gasteiger partial charge in [-0.1, -0.05) is 12.1 Å². The van der Waals surface area contributed by atoms with E-state index >= 15 is 0 Å². The van der Waals surface area contributed by atoms with E-state index in [1.165, 1.54) is 24.3 Å². The Morgan fingerprint density at radius 1 is 0.933 bits per heavy atom. The monoisotopic (exact) mass is 418 g/mol. The van der Waals surface area contributed by atoms with E-state index in [1.54, 1.807) is 18.2 Å². The smallest absolute Gasteiger partial charge is 0.344 e. The van der Waals surface area contributed by atoms with Crippen LogP contribution in [0.2, 0.25) is 0 Å². The van der Waals surface area contributed by atoms with Gasteiger partial charge in [0.2, 0.25) is 0 Å². The average Bonchev–Trinajstić information content (AvgIpc) is 2.73. The molecule has 1 N–H and O–H groups in total. The van der Waals surface area contributed by atoms with E-state index < -0.39 is 30.0 Å². The number of nitro benzene ring substituents is 1. The second kappa shape index (κ2) is 11.2. The summed E-state index contributed by atoms with van der Waals surface area (Å²) in [6, 6.07) is 10.5. The van der Waals surface area contributed by atoms with Crippen molar-refractivity contribution >= 4 is 23.3 Å². The molecule has 10 nitrogen and oxygen atoms in total. The van der Waals surface area contributed by atoms with Crippen molar-refractivity contribution in [2.24, 2.45) is 0 Å². The number of hydrogen-bond acceptors (Lipinski definition) is 8. The Morgan fingerprint density at radius 3 is 2.33 bits per heavy atom. The lowest BCUT2D eigenvalue weighted by Crippen LogP contribution is -2.23. The molecule has 1 amide bonds. The fourth-order valence-corrected chi connectivity index (χ4v) is 2.38. The maximum absolute atomic E-state index is 12.0. The van der Waals surface area contributed by atoms with Gasteiger partial charge in [-0.2, -0.15) is 0 Å². The van der Waals surface area contributed by atoms with Crippen LogP contribution in [0.15, 0.2) is 42.5 Å². The van der Waals surface area contributed by atoms with Crippen molar-refractivity contribution in [3.8, 4) is 17.2 Å². The van der Waals surface area contributed by atoms with E-state index in [1.807, 2.05) is 13.8 Å². The molecule has 0 saturated heterocycles. The number of amides is 1. The summed E-state index contributed by atoms with van der Waals surface area (Å²) in [5, 5.41) is 13.5. The molecule has 0 bridgehead atoms. The lowest BCUT2D eigenvalue weighted by atomic mass is 10.2. The second-order valence-electron chi connectivity index (χ2n) is 5.75. The number of esters is 1. The number of ether oxygens (including phenoxy) is 4. The predicted octanol–water partition coefficient (Wildman–Crippen LogP) is 2.95. The average molecular weight is 418 g/mol. The normalized spacial score (nSPS) is 10.1. The molecule has 2 aromatic rings. The van der Waals surface area contributed by atoms with E-state index in [0.717, 1.165) is 0 Å². The Morgan fingerprint density at radius 2 is 1.63 bits per heavy atom. The number of nitrogens with zero attached hydrogens (tertiary/aromatic N) is 1. The standard InChI is InChI=1S/C20H22N2O8/c1-3-27-17-10-9-14(11-18(17)28-4-2)21-19(23)12-30-20(24)13-29-16-8-6-5-7-15(16)22(25)26/h5-11H,3-4,12-13H2,1-2H3,(H,21,23). The summed E-state index contributed by atoms with van der Waals surface area (Å²) in [6.45, 7) is 3.45. The van der Waals surface area contributed by atoms with Crippen molar-refractivity contribution in [2.75, 3.05) is 31.7 Å². The van der Waals surface area contributed by atoms with Gasteiger partial charge >= 0.3 is 11.7 Å². The highest BCUT2D eigenvalue weighted by molar-refractivity contribution is 5.93. The topological polar surface area (TPSA) is 126 Å². The molecule has 0 radical (unpaired) electrons. The number of hydrogen-bond donors (Lipinski definition) is 1. The first kappa shape index (κ1) is 22.5. The molecule has 30 heavy (non-hydrogen) atoms. The highest BCUT2D eigenvalue weighted by Crippen LogP contribution is 2.30. The van der Waals surface area contributed by atoms with Crippen molar-refractivity contribution in [1.82, 2.24) is 0 Å². The predicted molar refractivity (Wildman–Crippen MR) is 107 cm³/mol. The molecule has 0 aliphatic heterocycles. The molecule has 0 fully saturated rings. The van der Waals surface area contributed by atoms with E-state index in [0.29, 0.717) is 30.4 Å². The summed E-state index contributed by atoms with van der Waals surface area (Å²) in [6.07, 6.45) is 0. The maximum Gasteiger partial charge on any atom is 0.344 e. The molecule has 0 unspecified atom stereocenters. The number of benzene rings is 2. The van der Waals surface area contributed by atoms with Gasteiger partial charge in [-0.3, -0.25) is 14.9 Å². The van der Waals surface area contributed by atoms with Crippen molar-refractivity contribution in [3.05, 3.63) is 52.6 Å². The third-order valence-electron chi connectivity index (χ3n) is 3.60. The van der Waals surface area contributed by atoms with Crippen molar-refractivity contribution < 1.29 is 33.5 Å². The molecule has 0 saturated carbocycles. The van der Waals surface area contributed by atoms with Crippen LogP contribution in [0.5, 0.6) is 17.2 Å². The zero-order chi connectivity index (χ0) is 21.9. The molecule has 0 atom stereocenters. The van der Waals surface area contributed by atoms with Crippen LogP contribution in [0, 0.1) is 10.1 Å². The molecule has 2 aromatic carbocycles. The first-order valence-electron chi connectivity index (χ1n) is 9.15. The molecule has 160 valence electrons. The van der Waals surface area contributed by atoms with E-state index in [4.69, 9.17) is 18.9 Å². The third kappa shape index (κ3) is 6.66. The Bertz CT molecular complexity index is 900. The fourth-order valence-electron chi connectivity index (χ4n) is 2.38. The summed E-state index contributed by atoms with van der Waals surface area (Å²) in [5.41, 5.74) is 0.169.